The number of carbonyl (C=O) groups excluding carboxylic acids is 2. The first kappa shape index (κ1) is 17.1. The van der Waals surface area contributed by atoms with Gasteiger partial charge in [0.15, 0.2) is 6.61 Å². The number of amides is 2. The maximum absolute atomic E-state index is 12.6. The van der Waals surface area contributed by atoms with E-state index in [2.05, 4.69) is 0 Å². The Labute approximate surface area is 131 Å². The Morgan fingerprint density at radius 1 is 1.13 bits per heavy atom. The number of carbonyl (C=O) groups is 2. The van der Waals surface area contributed by atoms with Crippen molar-refractivity contribution in [3.05, 3.63) is 29.8 Å². The Bertz CT molecular complexity index is 582. The zero-order valence-corrected chi connectivity index (χ0v) is 12.6. The van der Waals surface area contributed by atoms with Crippen LogP contribution < -0.4 is 4.74 Å². The molecule has 1 aromatic carbocycles. The zero-order valence-electron chi connectivity index (χ0n) is 12.6. The van der Waals surface area contributed by atoms with E-state index in [1.54, 1.807) is 4.90 Å². The Balaban J connectivity index is 1.87. The molecule has 1 aromatic rings. The van der Waals surface area contributed by atoms with E-state index < -0.39 is 11.7 Å². The van der Waals surface area contributed by atoms with Crippen molar-refractivity contribution >= 4 is 11.8 Å². The number of halogens is 3. The van der Waals surface area contributed by atoms with Gasteiger partial charge in [-0.1, -0.05) is 6.07 Å². The fourth-order valence-electron chi connectivity index (χ4n) is 2.27. The van der Waals surface area contributed by atoms with Crippen LogP contribution in [-0.2, 0) is 15.8 Å². The van der Waals surface area contributed by atoms with Gasteiger partial charge in [0, 0.05) is 33.1 Å². The SMILES string of the molecule is CC(=O)N1CCN(C(=O)COc2cccc(C(F)(F)F)c2)CC1. The van der Waals surface area contributed by atoms with Crippen molar-refractivity contribution < 1.29 is 27.5 Å². The molecule has 0 spiro atoms. The van der Waals surface area contributed by atoms with Gasteiger partial charge in [0.2, 0.25) is 5.91 Å². The molecule has 1 saturated heterocycles. The lowest BCUT2D eigenvalue weighted by Gasteiger charge is -2.34. The Kier molecular flexibility index (Phi) is 5.12. The summed E-state index contributed by atoms with van der Waals surface area (Å²) in [7, 11) is 0. The summed E-state index contributed by atoms with van der Waals surface area (Å²) in [5, 5.41) is 0. The van der Waals surface area contributed by atoms with E-state index in [1.807, 2.05) is 0 Å². The first-order valence-corrected chi connectivity index (χ1v) is 7.11. The van der Waals surface area contributed by atoms with Crippen LogP contribution in [0.4, 0.5) is 13.2 Å². The molecule has 23 heavy (non-hydrogen) atoms. The molecule has 0 N–H and O–H groups in total. The minimum absolute atomic E-state index is 0.00412. The number of nitrogens with zero attached hydrogens (tertiary/aromatic N) is 2. The number of benzene rings is 1. The predicted molar refractivity (Wildman–Crippen MR) is 75.8 cm³/mol. The van der Waals surface area contributed by atoms with Gasteiger partial charge in [-0.15, -0.1) is 0 Å². The smallest absolute Gasteiger partial charge is 0.416 e. The molecule has 0 radical (unpaired) electrons. The third-order valence-electron chi connectivity index (χ3n) is 3.60. The van der Waals surface area contributed by atoms with E-state index in [-0.39, 0.29) is 24.2 Å². The molecule has 1 aliphatic heterocycles. The molecule has 8 heteroatoms. The van der Waals surface area contributed by atoms with Crippen molar-refractivity contribution in [1.82, 2.24) is 9.80 Å². The largest absolute Gasteiger partial charge is 0.484 e. The summed E-state index contributed by atoms with van der Waals surface area (Å²) in [6.45, 7) is 2.82. The highest BCUT2D eigenvalue weighted by Gasteiger charge is 2.30. The number of hydrogen-bond acceptors (Lipinski definition) is 3. The predicted octanol–water partition coefficient (Wildman–Crippen LogP) is 1.77. The average molecular weight is 330 g/mol. The highest BCUT2D eigenvalue weighted by Crippen LogP contribution is 2.31. The molecule has 1 aliphatic rings. The van der Waals surface area contributed by atoms with E-state index in [0.29, 0.717) is 26.2 Å². The molecule has 0 aromatic heterocycles. The van der Waals surface area contributed by atoms with Gasteiger partial charge in [0.1, 0.15) is 5.75 Å². The van der Waals surface area contributed by atoms with E-state index in [4.69, 9.17) is 4.74 Å². The second kappa shape index (κ2) is 6.89. The molecule has 126 valence electrons. The first-order valence-electron chi connectivity index (χ1n) is 7.11. The minimum atomic E-state index is -4.45. The van der Waals surface area contributed by atoms with E-state index in [1.165, 1.54) is 24.0 Å². The fraction of sp³-hybridized carbons (Fsp3) is 0.467. The van der Waals surface area contributed by atoms with Crippen molar-refractivity contribution in [1.29, 1.82) is 0 Å². The standard InChI is InChI=1S/C15H17F3N2O3/c1-11(21)19-5-7-20(8-6-19)14(22)10-23-13-4-2-3-12(9-13)15(16,17)18/h2-4,9H,5-8,10H2,1H3. The van der Waals surface area contributed by atoms with Gasteiger partial charge in [-0.05, 0) is 18.2 Å². The molecule has 0 saturated carbocycles. The molecule has 1 heterocycles. The maximum Gasteiger partial charge on any atom is 0.416 e. The summed E-state index contributed by atoms with van der Waals surface area (Å²) in [5.41, 5.74) is -0.822. The van der Waals surface area contributed by atoms with Crippen molar-refractivity contribution in [2.45, 2.75) is 13.1 Å². The van der Waals surface area contributed by atoms with Crippen LogP contribution in [0.5, 0.6) is 5.75 Å². The van der Waals surface area contributed by atoms with Gasteiger partial charge in [-0.2, -0.15) is 13.2 Å². The molecule has 1 fully saturated rings. The Morgan fingerprint density at radius 2 is 1.74 bits per heavy atom. The van der Waals surface area contributed by atoms with Crippen molar-refractivity contribution in [2.24, 2.45) is 0 Å². The quantitative estimate of drug-likeness (QED) is 0.849. The zero-order chi connectivity index (χ0) is 17.0. The van der Waals surface area contributed by atoms with Crippen LogP contribution in [-0.4, -0.2) is 54.4 Å². The van der Waals surface area contributed by atoms with Crippen LogP contribution in [0.2, 0.25) is 0 Å². The lowest BCUT2D eigenvalue weighted by Crippen LogP contribution is -2.51. The van der Waals surface area contributed by atoms with Gasteiger partial charge in [-0.25, -0.2) is 0 Å². The number of alkyl halides is 3. The summed E-state index contributed by atoms with van der Waals surface area (Å²) in [6.07, 6.45) is -4.45. The average Bonchev–Trinajstić information content (AvgIpc) is 2.52. The van der Waals surface area contributed by atoms with Gasteiger partial charge < -0.3 is 14.5 Å². The third kappa shape index (κ3) is 4.61. The molecule has 5 nitrogen and oxygen atoms in total. The van der Waals surface area contributed by atoms with E-state index in [0.717, 1.165) is 12.1 Å². The van der Waals surface area contributed by atoms with Crippen molar-refractivity contribution in [3.8, 4) is 5.75 Å². The topological polar surface area (TPSA) is 49.9 Å². The monoisotopic (exact) mass is 330 g/mol. The summed E-state index contributed by atoms with van der Waals surface area (Å²) in [5.74, 6) is -0.363. The first-order chi connectivity index (χ1) is 10.8. The molecule has 0 bridgehead atoms. The van der Waals surface area contributed by atoms with Crippen LogP contribution in [0, 0.1) is 0 Å². The third-order valence-corrected chi connectivity index (χ3v) is 3.60. The second-order valence-corrected chi connectivity index (χ2v) is 5.20. The molecule has 2 amide bonds. The van der Waals surface area contributed by atoms with Gasteiger partial charge in [-0.3, -0.25) is 9.59 Å². The van der Waals surface area contributed by atoms with E-state index in [9.17, 15) is 22.8 Å². The lowest BCUT2D eigenvalue weighted by atomic mass is 10.2. The number of hydrogen-bond donors (Lipinski definition) is 0. The summed E-state index contributed by atoms with van der Waals surface area (Å²) < 4.78 is 42.9. The van der Waals surface area contributed by atoms with Crippen molar-refractivity contribution in [3.63, 3.8) is 0 Å². The molecule has 2 rings (SSSR count). The van der Waals surface area contributed by atoms with Gasteiger partial charge in [0.05, 0.1) is 5.56 Å². The second-order valence-electron chi connectivity index (χ2n) is 5.20. The number of piperazine rings is 1. The van der Waals surface area contributed by atoms with Crippen LogP contribution in [0.15, 0.2) is 24.3 Å². The number of rotatable bonds is 3. The summed E-state index contributed by atoms with van der Waals surface area (Å²) in [4.78, 5) is 26.4. The lowest BCUT2D eigenvalue weighted by molar-refractivity contribution is -0.139. The Morgan fingerprint density at radius 3 is 2.30 bits per heavy atom. The highest BCUT2D eigenvalue weighted by atomic mass is 19.4. The number of ether oxygens (including phenoxy) is 1. The van der Waals surface area contributed by atoms with Gasteiger partial charge in [0.25, 0.3) is 5.91 Å². The molecular formula is C15H17F3N2O3. The van der Waals surface area contributed by atoms with Crippen LogP contribution in [0.25, 0.3) is 0 Å². The fourth-order valence-corrected chi connectivity index (χ4v) is 2.27. The summed E-state index contributed by atoms with van der Waals surface area (Å²) in [6, 6.07) is 4.40. The van der Waals surface area contributed by atoms with Gasteiger partial charge >= 0.3 is 6.18 Å². The minimum Gasteiger partial charge on any atom is -0.484 e. The molecule has 0 atom stereocenters. The maximum atomic E-state index is 12.6. The van der Waals surface area contributed by atoms with Crippen molar-refractivity contribution in [2.75, 3.05) is 32.8 Å². The highest BCUT2D eigenvalue weighted by molar-refractivity contribution is 5.78. The Hall–Kier alpha value is -2.25. The molecular weight excluding hydrogens is 313 g/mol. The van der Waals surface area contributed by atoms with E-state index >= 15 is 0 Å². The summed E-state index contributed by atoms with van der Waals surface area (Å²) >= 11 is 0. The van der Waals surface area contributed by atoms with Crippen LogP contribution in [0.3, 0.4) is 0 Å². The van der Waals surface area contributed by atoms with Crippen LogP contribution in [0.1, 0.15) is 12.5 Å². The van der Waals surface area contributed by atoms with Crippen LogP contribution >= 0.6 is 0 Å². The molecule has 0 aliphatic carbocycles. The molecule has 0 unspecified atom stereocenters. The normalized spacial score (nSPS) is 15.5.